The molecule has 0 fully saturated rings. The molecule has 2 aromatic rings. The van der Waals surface area contributed by atoms with Gasteiger partial charge in [-0.15, -0.1) is 35.3 Å². The van der Waals surface area contributed by atoms with Crippen molar-refractivity contribution < 1.29 is 4.79 Å². The SMILES string of the molecule is Cc1cccc(CN=C(NCCc2cccs2)NCC(=O)N(C)C)c1.I. The van der Waals surface area contributed by atoms with Crippen LogP contribution < -0.4 is 10.6 Å². The quantitative estimate of drug-likeness (QED) is 0.360. The standard InChI is InChI=1S/C19H26N4OS.HI/c1-15-6-4-7-16(12-15)13-21-19(22-14-18(24)23(2)3)20-10-9-17-8-5-11-25-17;/h4-8,11-12H,9-10,13-14H2,1-3H3,(H2,20,21,22);1H. The first-order valence-corrected chi connectivity index (χ1v) is 9.23. The van der Waals surface area contributed by atoms with Crippen LogP contribution in [0.1, 0.15) is 16.0 Å². The number of halogens is 1. The molecule has 1 heterocycles. The molecule has 0 bridgehead atoms. The van der Waals surface area contributed by atoms with Crippen LogP contribution in [0.3, 0.4) is 0 Å². The lowest BCUT2D eigenvalue weighted by Gasteiger charge is -2.15. The number of guanidine groups is 1. The zero-order valence-electron chi connectivity index (χ0n) is 15.5. The minimum Gasteiger partial charge on any atom is -0.356 e. The Morgan fingerprint density at radius 2 is 2.00 bits per heavy atom. The fourth-order valence-electron chi connectivity index (χ4n) is 2.23. The van der Waals surface area contributed by atoms with Crippen molar-refractivity contribution in [2.45, 2.75) is 19.9 Å². The summed E-state index contributed by atoms with van der Waals surface area (Å²) in [5, 5.41) is 8.51. The summed E-state index contributed by atoms with van der Waals surface area (Å²) in [6.07, 6.45) is 0.935. The second-order valence-corrected chi connectivity index (χ2v) is 7.08. The Labute approximate surface area is 176 Å². The third-order valence-electron chi connectivity index (χ3n) is 3.65. The zero-order valence-corrected chi connectivity index (χ0v) is 18.6. The molecule has 26 heavy (non-hydrogen) atoms. The second-order valence-electron chi connectivity index (χ2n) is 6.05. The highest BCUT2D eigenvalue weighted by Crippen LogP contribution is 2.08. The number of amides is 1. The van der Waals surface area contributed by atoms with Gasteiger partial charge in [0.2, 0.25) is 5.91 Å². The highest BCUT2D eigenvalue weighted by Gasteiger charge is 2.06. The van der Waals surface area contributed by atoms with Gasteiger partial charge < -0.3 is 15.5 Å². The predicted molar refractivity (Wildman–Crippen MR) is 120 cm³/mol. The Morgan fingerprint density at radius 3 is 2.65 bits per heavy atom. The van der Waals surface area contributed by atoms with Crippen molar-refractivity contribution in [3.8, 4) is 0 Å². The summed E-state index contributed by atoms with van der Waals surface area (Å²) < 4.78 is 0. The summed E-state index contributed by atoms with van der Waals surface area (Å²) in [7, 11) is 3.50. The number of aliphatic imine (C=N–C) groups is 1. The van der Waals surface area contributed by atoms with Crippen LogP contribution in [0.2, 0.25) is 0 Å². The molecular formula is C19H27IN4OS. The van der Waals surface area contributed by atoms with Crippen molar-refractivity contribution in [3.05, 3.63) is 57.8 Å². The van der Waals surface area contributed by atoms with E-state index in [0.717, 1.165) is 18.5 Å². The molecule has 0 aliphatic rings. The Bertz CT molecular complexity index is 701. The van der Waals surface area contributed by atoms with Gasteiger partial charge in [0.05, 0.1) is 13.1 Å². The molecule has 7 heteroatoms. The monoisotopic (exact) mass is 486 g/mol. The Morgan fingerprint density at radius 1 is 1.19 bits per heavy atom. The number of hydrogen-bond donors (Lipinski definition) is 2. The number of nitrogens with zero attached hydrogens (tertiary/aromatic N) is 2. The van der Waals surface area contributed by atoms with Crippen LogP contribution in [-0.4, -0.2) is 44.0 Å². The smallest absolute Gasteiger partial charge is 0.241 e. The third kappa shape index (κ3) is 8.18. The van der Waals surface area contributed by atoms with Crippen LogP contribution in [0.5, 0.6) is 0 Å². The average molecular weight is 486 g/mol. The summed E-state index contributed by atoms with van der Waals surface area (Å²) in [5.74, 6) is 0.677. The van der Waals surface area contributed by atoms with E-state index < -0.39 is 0 Å². The molecule has 1 aromatic heterocycles. The van der Waals surface area contributed by atoms with Gasteiger partial charge in [-0.2, -0.15) is 0 Å². The lowest BCUT2D eigenvalue weighted by molar-refractivity contribution is -0.127. The van der Waals surface area contributed by atoms with Gasteiger partial charge in [-0.1, -0.05) is 35.9 Å². The zero-order chi connectivity index (χ0) is 18.1. The lowest BCUT2D eigenvalue weighted by atomic mass is 10.1. The molecule has 1 amide bonds. The summed E-state index contributed by atoms with van der Waals surface area (Å²) in [6.45, 7) is 3.65. The minimum absolute atomic E-state index is 0. The van der Waals surface area contributed by atoms with Crippen molar-refractivity contribution in [1.29, 1.82) is 0 Å². The van der Waals surface area contributed by atoms with E-state index in [1.165, 1.54) is 10.4 Å². The molecule has 0 aliphatic carbocycles. The lowest BCUT2D eigenvalue weighted by Crippen LogP contribution is -2.43. The van der Waals surface area contributed by atoms with Crippen molar-refractivity contribution >= 4 is 47.2 Å². The van der Waals surface area contributed by atoms with Gasteiger partial charge in [0.15, 0.2) is 5.96 Å². The Balaban J connectivity index is 0.00000338. The first-order valence-electron chi connectivity index (χ1n) is 8.35. The van der Waals surface area contributed by atoms with Crippen molar-refractivity contribution in [1.82, 2.24) is 15.5 Å². The van der Waals surface area contributed by atoms with Gasteiger partial charge in [0.1, 0.15) is 0 Å². The highest BCUT2D eigenvalue weighted by molar-refractivity contribution is 14.0. The normalized spacial score (nSPS) is 10.8. The molecule has 0 spiro atoms. The first kappa shape index (κ1) is 22.4. The number of rotatable bonds is 7. The second kappa shape index (κ2) is 11.9. The predicted octanol–water partition coefficient (Wildman–Crippen LogP) is 3.04. The van der Waals surface area contributed by atoms with E-state index >= 15 is 0 Å². The minimum atomic E-state index is 0. The van der Waals surface area contributed by atoms with Crippen LogP contribution in [0, 0.1) is 6.92 Å². The average Bonchev–Trinajstić information content (AvgIpc) is 3.09. The van der Waals surface area contributed by atoms with Crippen LogP contribution in [0.15, 0.2) is 46.8 Å². The van der Waals surface area contributed by atoms with E-state index in [2.05, 4.69) is 58.3 Å². The molecular weight excluding hydrogens is 459 g/mol. The molecule has 0 unspecified atom stereocenters. The largest absolute Gasteiger partial charge is 0.356 e. The van der Waals surface area contributed by atoms with Crippen LogP contribution >= 0.6 is 35.3 Å². The van der Waals surface area contributed by atoms with Gasteiger partial charge in [-0.25, -0.2) is 4.99 Å². The maximum Gasteiger partial charge on any atom is 0.241 e. The van der Waals surface area contributed by atoms with Gasteiger partial charge in [-0.3, -0.25) is 4.79 Å². The van der Waals surface area contributed by atoms with Crippen LogP contribution in [-0.2, 0) is 17.8 Å². The van der Waals surface area contributed by atoms with Crippen molar-refractivity contribution in [3.63, 3.8) is 0 Å². The van der Waals surface area contributed by atoms with Gasteiger partial charge >= 0.3 is 0 Å². The molecule has 0 atom stereocenters. The van der Waals surface area contributed by atoms with E-state index in [-0.39, 0.29) is 36.4 Å². The maximum absolute atomic E-state index is 11.8. The Kier molecular flexibility index (Phi) is 10.3. The first-order chi connectivity index (χ1) is 12.0. The number of benzene rings is 1. The van der Waals surface area contributed by atoms with Gasteiger partial charge in [0.25, 0.3) is 0 Å². The van der Waals surface area contributed by atoms with Crippen LogP contribution in [0.25, 0.3) is 0 Å². The summed E-state index contributed by atoms with van der Waals surface area (Å²) >= 11 is 1.75. The number of carbonyl (C=O) groups excluding carboxylic acids is 1. The summed E-state index contributed by atoms with van der Waals surface area (Å²) in [4.78, 5) is 19.3. The molecule has 1 aromatic carbocycles. The molecule has 5 nitrogen and oxygen atoms in total. The molecule has 0 radical (unpaired) electrons. The Hall–Kier alpha value is -1.61. The molecule has 2 rings (SSSR count). The van der Waals surface area contributed by atoms with Gasteiger partial charge in [-0.05, 0) is 30.4 Å². The van der Waals surface area contributed by atoms with Crippen molar-refractivity contribution in [2.75, 3.05) is 27.2 Å². The van der Waals surface area contributed by atoms with E-state index in [9.17, 15) is 4.79 Å². The van der Waals surface area contributed by atoms with Crippen LogP contribution in [0.4, 0.5) is 0 Å². The van der Waals surface area contributed by atoms with E-state index in [1.807, 2.05) is 6.07 Å². The van der Waals surface area contributed by atoms with E-state index in [1.54, 1.807) is 30.3 Å². The van der Waals surface area contributed by atoms with E-state index in [4.69, 9.17) is 0 Å². The number of likely N-dealkylation sites (N-methyl/N-ethyl adjacent to an activating group) is 1. The fraction of sp³-hybridized carbons (Fsp3) is 0.368. The van der Waals surface area contributed by atoms with Crippen molar-refractivity contribution in [2.24, 2.45) is 4.99 Å². The number of nitrogens with one attached hydrogen (secondary N) is 2. The number of hydrogen-bond acceptors (Lipinski definition) is 3. The molecule has 0 saturated heterocycles. The molecule has 0 saturated carbocycles. The fourth-order valence-corrected chi connectivity index (χ4v) is 2.94. The summed E-state index contributed by atoms with van der Waals surface area (Å²) in [6, 6.07) is 12.5. The number of thiophene rings is 1. The molecule has 2 N–H and O–H groups in total. The topological polar surface area (TPSA) is 56.7 Å². The molecule has 0 aliphatic heterocycles. The third-order valence-corrected chi connectivity index (χ3v) is 4.59. The number of aryl methyl sites for hydroxylation is 1. The number of carbonyl (C=O) groups is 1. The maximum atomic E-state index is 11.8. The van der Waals surface area contributed by atoms with Gasteiger partial charge in [0, 0.05) is 25.5 Å². The van der Waals surface area contributed by atoms with E-state index in [0.29, 0.717) is 12.5 Å². The summed E-state index contributed by atoms with van der Waals surface area (Å²) in [5.41, 5.74) is 2.37. The highest BCUT2D eigenvalue weighted by atomic mass is 127. The molecule has 142 valence electrons.